The van der Waals surface area contributed by atoms with Crippen LogP contribution in [-0.4, -0.2) is 22.0 Å². The molecule has 0 radical (unpaired) electrons. The molecule has 0 saturated heterocycles. The van der Waals surface area contributed by atoms with Gasteiger partial charge in [0.25, 0.3) is 5.91 Å². The zero-order chi connectivity index (χ0) is 20.8. The quantitative estimate of drug-likeness (QED) is 0.412. The van der Waals surface area contributed by atoms with Crippen LogP contribution in [0.15, 0.2) is 78.2 Å². The highest BCUT2D eigenvalue weighted by Gasteiger charge is 2.12. The van der Waals surface area contributed by atoms with Gasteiger partial charge in [0.05, 0.1) is 0 Å². The summed E-state index contributed by atoms with van der Waals surface area (Å²) in [7, 11) is 0. The molecule has 0 spiro atoms. The summed E-state index contributed by atoms with van der Waals surface area (Å²) in [6, 6.07) is 20.2. The normalized spacial score (nSPS) is 10.8. The summed E-state index contributed by atoms with van der Waals surface area (Å²) in [5, 5.41) is 16.8. The van der Waals surface area contributed by atoms with Gasteiger partial charge in [0.2, 0.25) is 11.0 Å². The van der Waals surface area contributed by atoms with E-state index in [4.69, 9.17) is 0 Å². The molecule has 2 amide bonds. The molecule has 0 fully saturated rings. The highest BCUT2D eigenvalue weighted by Crippen LogP contribution is 2.26. The van der Waals surface area contributed by atoms with Crippen molar-refractivity contribution in [2.75, 3.05) is 10.6 Å². The maximum absolute atomic E-state index is 12.6. The summed E-state index contributed by atoms with van der Waals surface area (Å²) in [6.07, 6.45) is 3.21. The molecule has 0 bridgehead atoms. The first-order chi connectivity index (χ1) is 14.7. The fourth-order valence-corrected chi connectivity index (χ4v) is 3.97. The van der Waals surface area contributed by atoms with E-state index in [0.29, 0.717) is 16.4 Å². The van der Waals surface area contributed by atoms with Crippen molar-refractivity contribution in [3.8, 4) is 10.6 Å². The average molecular weight is 433 g/mol. The van der Waals surface area contributed by atoms with Crippen LogP contribution in [0.5, 0.6) is 0 Å². The highest BCUT2D eigenvalue weighted by atomic mass is 32.1. The van der Waals surface area contributed by atoms with E-state index in [9.17, 15) is 9.59 Å². The van der Waals surface area contributed by atoms with Crippen LogP contribution in [0, 0.1) is 0 Å². The molecule has 0 aliphatic rings. The summed E-state index contributed by atoms with van der Waals surface area (Å²) in [5.74, 6) is -0.589. The van der Waals surface area contributed by atoms with E-state index in [-0.39, 0.29) is 11.8 Å². The van der Waals surface area contributed by atoms with E-state index in [1.165, 1.54) is 17.4 Å². The Morgan fingerprint density at radius 3 is 2.57 bits per heavy atom. The van der Waals surface area contributed by atoms with Gasteiger partial charge < -0.3 is 5.32 Å². The molecule has 0 aliphatic carbocycles. The van der Waals surface area contributed by atoms with E-state index in [0.717, 1.165) is 15.4 Å². The third-order valence-corrected chi connectivity index (χ3v) is 5.73. The smallest absolute Gasteiger partial charge is 0.257 e. The molecule has 0 unspecified atom stereocenters. The zero-order valence-electron chi connectivity index (χ0n) is 15.6. The van der Waals surface area contributed by atoms with Gasteiger partial charge in [0.1, 0.15) is 5.01 Å². The molecule has 4 aromatic rings. The molecule has 2 N–H and O–H groups in total. The van der Waals surface area contributed by atoms with Crippen LogP contribution in [0.1, 0.15) is 15.2 Å². The molecule has 8 heteroatoms. The lowest BCUT2D eigenvalue weighted by Crippen LogP contribution is -2.13. The van der Waals surface area contributed by atoms with Gasteiger partial charge in [0, 0.05) is 27.8 Å². The molecule has 0 atom stereocenters. The number of benzene rings is 2. The fraction of sp³-hybridized carbons (Fsp3) is 0. The third-order valence-electron chi connectivity index (χ3n) is 4.00. The summed E-state index contributed by atoms with van der Waals surface area (Å²) >= 11 is 2.85. The number of hydrogen-bond donors (Lipinski definition) is 2. The molecule has 4 rings (SSSR count). The van der Waals surface area contributed by atoms with Crippen LogP contribution in [0.4, 0.5) is 10.8 Å². The Hall–Kier alpha value is -3.62. The lowest BCUT2D eigenvalue weighted by molar-refractivity contribution is -0.111. The minimum Gasteiger partial charge on any atom is -0.322 e. The molecule has 0 aliphatic heterocycles. The van der Waals surface area contributed by atoms with Crippen molar-refractivity contribution in [3.63, 3.8) is 0 Å². The van der Waals surface area contributed by atoms with Crippen LogP contribution in [0.25, 0.3) is 16.6 Å². The van der Waals surface area contributed by atoms with Crippen LogP contribution in [0.2, 0.25) is 0 Å². The Labute approximate surface area is 180 Å². The molecule has 2 heterocycles. The van der Waals surface area contributed by atoms with Crippen LogP contribution in [-0.2, 0) is 4.79 Å². The van der Waals surface area contributed by atoms with Gasteiger partial charge in [-0.2, -0.15) is 0 Å². The number of nitrogens with one attached hydrogen (secondary N) is 2. The molecule has 148 valence electrons. The van der Waals surface area contributed by atoms with Crippen LogP contribution in [0.3, 0.4) is 0 Å². The summed E-state index contributed by atoms with van der Waals surface area (Å²) in [6.45, 7) is 0. The van der Waals surface area contributed by atoms with E-state index in [2.05, 4.69) is 20.8 Å². The topological polar surface area (TPSA) is 84.0 Å². The predicted octanol–water partition coefficient (Wildman–Crippen LogP) is 5.17. The van der Waals surface area contributed by atoms with Crippen molar-refractivity contribution in [2.24, 2.45) is 0 Å². The van der Waals surface area contributed by atoms with Crippen molar-refractivity contribution in [1.82, 2.24) is 10.2 Å². The van der Waals surface area contributed by atoms with E-state index in [1.54, 1.807) is 41.7 Å². The second-order valence-corrected chi connectivity index (χ2v) is 8.11. The van der Waals surface area contributed by atoms with Gasteiger partial charge in [-0.15, -0.1) is 21.5 Å². The summed E-state index contributed by atoms with van der Waals surface area (Å²) in [4.78, 5) is 25.7. The number of amides is 2. The molecule has 2 aromatic carbocycles. The van der Waals surface area contributed by atoms with Gasteiger partial charge in [-0.25, -0.2) is 0 Å². The molecular weight excluding hydrogens is 416 g/mol. The van der Waals surface area contributed by atoms with Crippen LogP contribution < -0.4 is 10.6 Å². The van der Waals surface area contributed by atoms with Gasteiger partial charge in [0.15, 0.2) is 0 Å². The Kier molecular flexibility index (Phi) is 6.07. The van der Waals surface area contributed by atoms with Gasteiger partial charge in [-0.3, -0.25) is 14.9 Å². The maximum atomic E-state index is 12.6. The van der Waals surface area contributed by atoms with Crippen molar-refractivity contribution >= 4 is 51.4 Å². The Balaban J connectivity index is 1.40. The van der Waals surface area contributed by atoms with Crippen molar-refractivity contribution in [3.05, 3.63) is 88.6 Å². The second kappa shape index (κ2) is 9.25. The summed E-state index contributed by atoms with van der Waals surface area (Å²) in [5.41, 5.74) is 1.88. The number of aromatic nitrogens is 2. The number of rotatable bonds is 6. The molecule has 30 heavy (non-hydrogen) atoms. The minimum absolute atomic E-state index is 0.266. The van der Waals surface area contributed by atoms with Crippen molar-refractivity contribution in [1.29, 1.82) is 0 Å². The Morgan fingerprint density at radius 2 is 1.77 bits per heavy atom. The van der Waals surface area contributed by atoms with Crippen molar-refractivity contribution < 1.29 is 9.59 Å². The minimum atomic E-state index is -0.323. The summed E-state index contributed by atoms with van der Waals surface area (Å²) < 4.78 is 0. The first kappa shape index (κ1) is 19.7. The fourth-order valence-electron chi connectivity index (χ4n) is 2.61. The zero-order valence-corrected chi connectivity index (χ0v) is 17.2. The number of anilines is 2. The second-order valence-electron chi connectivity index (χ2n) is 6.15. The number of thiophene rings is 1. The van der Waals surface area contributed by atoms with E-state index < -0.39 is 0 Å². The number of carbonyl (C=O) groups is 2. The van der Waals surface area contributed by atoms with E-state index in [1.807, 2.05) is 47.8 Å². The molecular formula is C22H16N4O2S2. The largest absolute Gasteiger partial charge is 0.322 e. The van der Waals surface area contributed by atoms with Gasteiger partial charge >= 0.3 is 0 Å². The van der Waals surface area contributed by atoms with Gasteiger partial charge in [-0.1, -0.05) is 53.8 Å². The number of hydrogen-bond acceptors (Lipinski definition) is 6. The Bertz CT molecular complexity index is 1180. The predicted molar refractivity (Wildman–Crippen MR) is 122 cm³/mol. The highest BCUT2D eigenvalue weighted by molar-refractivity contribution is 7.18. The average Bonchev–Trinajstić information content (AvgIpc) is 3.45. The monoisotopic (exact) mass is 432 g/mol. The third kappa shape index (κ3) is 5.05. The standard InChI is InChI=1S/C22H16N4O2S2/c27-19(12-11-18-10-5-13-29-18)23-17-9-4-8-16(14-17)20(28)24-22-26-25-21(30-22)15-6-2-1-3-7-15/h1-14H,(H,23,27)(H,24,26,28)/b12-11+. The lowest BCUT2D eigenvalue weighted by Gasteiger charge is -2.05. The Morgan fingerprint density at radius 1 is 0.900 bits per heavy atom. The van der Waals surface area contributed by atoms with E-state index >= 15 is 0 Å². The molecule has 6 nitrogen and oxygen atoms in total. The molecule has 0 saturated carbocycles. The maximum Gasteiger partial charge on any atom is 0.257 e. The first-order valence-corrected chi connectivity index (χ1v) is 10.7. The number of carbonyl (C=O) groups excluding carboxylic acids is 2. The van der Waals surface area contributed by atoms with Crippen LogP contribution >= 0.6 is 22.7 Å². The SMILES string of the molecule is O=C(/C=C/c1cccs1)Nc1cccc(C(=O)Nc2nnc(-c3ccccc3)s2)c1. The molecule has 2 aromatic heterocycles. The van der Waals surface area contributed by atoms with Gasteiger partial charge in [-0.05, 0) is 35.7 Å². The van der Waals surface area contributed by atoms with Crippen molar-refractivity contribution in [2.45, 2.75) is 0 Å². The first-order valence-electron chi connectivity index (χ1n) is 9.00. The number of nitrogens with zero attached hydrogens (tertiary/aromatic N) is 2. The lowest BCUT2D eigenvalue weighted by atomic mass is 10.2.